The number of rotatable bonds is 1. The van der Waals surface area contributed by atoms with Gasteiger partial charge in [-0.1, -0.05) is 12.1 Å². The highest BCUT2D eigenvalue weighted by Crippen LogP contribution is 2.35. The summed E-state index contributed by atoms with van der Waals surface area (Å²) >= 11 is 0. The van der Waals surface area contributed by atoms with Gasteiger partial charge in [0, 0.05) is 11.3 Å². The van der Waals surface area contributed by atoms with E-state index in [1.807, 2.05) is 0 Å². The first-order valence-corrected chi connectivity index (χ1v) is 5.52. The van der Waals surface area contributed by atoms with Crippen molar-refractivity contribution >= 4 is 5.69 Å². The Morgan fingerprint density at radius 1 is 0.947 bits per heavy atom. The normalized spacial score (nSPS) is 11.6. The van der Waals surface area contributed by atoms with Gasteiger partial charge in [0.1, 0.15) is 5.82 Å². The second kappa shape index (κ2) is 4.57. The maximum Gasteiger partial charge on any atom is 0.416 e. The van der Waals surface area contributed by atoms with Crippen LogP contribution in [-0.2, 0) is 6.18 Å². The van der Waals surface area contributed by atoms with Crippen molar-refractivity contribution in [2.45, 2.75) is 13.1 Å². The summed E-state index contributed by atoms with van der Waals surface area (Å²) in [6.07, 6.45) is -4.43. The van der Waals surface area contributed by atoms with Gasteiger partial charge in [-0.05, 0) is 42.3 Å². The van der Waals surface area contributed by atoms with E-state index < -0.39 is 17.6 Å². The molecule has 2 aromatic carbocycles. The Bertz CT molecular complexity index is 617. The van der Waals surface area contributed by atoms with Crippen LogP contribution in [0.1, 0.15) is 11.1 Å². The molecule has 5 heteroatoms. The molecule has 0 saturated heterocycles. The summed E-state index contributed by atoms with van der Waals surface area (Å²) < 4.78 is 50.6. The number of nitrogen functional groups attached to an aromatic ring is 1. The number of nitrogens with two attached hydrogens (primary N) is 1. The van der Waals surface area contributed by atoms with E-state index in [1.165, 1.54) is 24.3 Å². The first-order chi connectivity index (χ1) is 8.79. The molecule has 1 nitrogen and oxygen atoms in total. The molecule has 0 spiro atoms. The number of hydrogen-bond donors (Lipinski definition) is 1. The first kappa shape index (κ1) is 13.4. The molecule has 0 bridgehead atoms. The maximum absolute atomic E-state index is 13.0. The molecule has 0 aliphatic heterocycles. The fourth-order valence-corrected chi connectivity index (χ4v) is 1.91. The number of halogens is 4. The number of alkyl halides is 3. The van der Waals surface area contributed by atoms with Crippen molar-refractivity contribution in [3.05, 3.63) is 53.3 Å². The molecule has 0 unspecified atom stereocenters. The Labute approximate surface area is 107 Å². The molecular weight excluding hydrogens is 258 g/mol. The van der Waals surface area contributed by atoms with E-state index in [2.05, 4.69) is 0 Å². The summed E-state index contributed by atoms with van der Waals surface area (Å²) in [5, 5.41) is 0. The Morgan fingerprint density at radius 2 is 1.58 bits per heavy atom. The van der Waals surface area contributed by atoms with Crippen LogP contribution in [0.3, 0.4) is 0 Å². The number of hydrogen-bond acceptors (Lipinski definition) is 1. The van der Waals surface area contributed by atoms with Gasteiger partial charge in [0.15, 0.2) is 0 Å². The molecule has 0 saturated carbocycles. The van der Waals surface area contributed by atoms with E-state index in [1.54, 1.807) is 6.92 Å². The standard InChI is InChI=1S/C14H11F4N/c1-8-6-10(15)3-5-11(8)12-4-2-9(7-13(12)19)14(16,17)18/h2-7H,19H2,1H3. The van der Waals surface area contributed by atoms with Crippen molar-refractivity contribution in [3.63, 3.8) is 0 Å². The van der Waals surface area contributed by atoms with Crippen LogP contribution >= 0.6 is 0 Å². The van der Waals surface area contributed by atoms with E-state index in [4.69, 9.17) is 5.73 Å². The summed E-state index contributed by atoms with van der Waals surface area (Å²) in [4.78, 5) is 0. The summed E-state index contributed by atoms with van der Waals surface area (Å²) in [5.74, 6) is -0.397. The average Bonchev–Trinajstić information content (AvgIpc) is 2.28. The Balaban J connectivity index is 2.52. The van der Waals surface area contributed by atoms with Crippen molar-refractivity contribution in [1.29, 1.82) is 0 Å². The Kier molecular flexibility index (Phi) is 3.22. The summed E-state index contributed by atoms with van der Waals surface area (Å²) in [6, 6.07) is 7.22. The van der Waals surface area contributed by atoms with Gasteiger partial charge in [-0.15, -0.1) is 0 Å². The fourth-order valence-electron chi connectivity index (χ4n) is 1.91. The van der Waals surface area contributed by atoms with Crippen LogP contribution in [-0.4, -0.2) is 0 Å². The predicted octanol–water partition coefficient (Wildman–Crippen LogP) is 4.40. The zero-order chi connectivity index (χ0) is 14.2. The first-order valence-electron chi connectivity index (χ1n) is 5.52. The number of anilines is 1. The monoisotopic (exact) mass is 269 g/mol. The van der Waals surface area contributed by atoms with Crippen molar-refractivity contribution in [1.82, 2.24) is 0 Å². The Morgan fingerprint density at radius 3 is 2.11 bits per heavy atom. The van der Waals surface area contributed by atoms with Gasteiger partial charge in [-0.25, -0.2) is 4.39 Å². The summed E-state index contributed by atoms with van der Waals surface area (Å²) in [7, 11) is 0. The summed E-state index contributed by atoms with van der Waals surface area (Å²) in [6.45, 7) is 1.68. The van der Waals surface area contributed by atoms with Gasteiger partial charge in [0.05, 0.1) is 5.56 Å². The van der Waals surface area contributed by atoms with E-state index >= 15 is 0 Å². The summed E-state index contributed by atoms with van der Waals surface area (Å²) in [5.41, 5.74) is 6.58. The molecule has 2 N–H and O–H groups in total. The molecule has 0 aliphatic rings. The molecule has 2 rings (SSSR count). The molecule has 0 atom stereocenters. The minimum Gasteiger partial charge on any atom is -0.398 e. The van der Waals surface area contributed by atoms with Crippen molar-refractivity contribution in [2.75, 3.05) is 5.73 Å². The van der Waals surface area contributed by atoms with Gasteiger partial charge in [0.25, 0.3) is 0 Å². The van der Waals surface area contributed by atoms with Gasteiger partial charge >= 0.3 is 6.18 Å². The molecule has 0 aliphatic carbocycles. The lowest BCUT2D eigenvalue weighted by Crippen LogP contribution is -2.06. The molecule has 0 radical (unpaired) electrons. The SMILES string of the molecule is Cc1cc(F)ccc1-c1ccc(C(F)(F)F)cc1N. The van der Waals surface area contributed by atoms with Crippen LogP contribution in [0.15, 0.2) is 36.4 Å². The molecule has 0 fully saturated rings. The van der Waals surface area contributed by atoms with E-state index in [-0.39, 0.29) is 5.69 Å². The van der Waals surface area contributed by atoms with Crippen molar-refractivity contribution in [2.24, 2.45) is 0 Å². The van der Waals surface area contributed by atoms with Crippen LogP contribution in [0, 0.1) is 12.7 Å². The van der Waals surface area contributed by atoms with E-state index in [0.717, 1.165) is 12.1 Å². The largest absolute Gasteiger partial charge is 0.416 e. The minimum absolute atomic E-state index is 0.0181. The lowest BCUT2D eigenvalue weighted by atomic mass is 9.97. The minimum atomic E-state index is -4.43. The molecule has 0 heterocycles. The number of benzene rings is 2. The van der Waals surface area contributed by atoms with E-state index in [0.29, 0.717) is 16.7 Å². The van der Waals surface area contributed by atoms with Crippen LogP contribution in [0.5, 0.6) is 0 Å². The second-order valence-electron chi connectivity index (χ2n) is 4.26. The maximum atomic E-state index is 13.0. The lowest BCUT2D eigenvalue weighted by molar-refractivity contribution is -0.137. The van der Waals surface area contributed by atoms with Gasteiger partial charge < -0.3 is 5.73 Å². The highest BCUT2D eigenvalue weighted by Gasteiger charge is 2.30. The molecule has 100 valence electrons. The fraction of sp³-hybridized carbons (Fsp3) is 0.143. The highest BCUT2D eigenvalue weighted by molar-refractivity contribution is 5.78. The second-order valence-corrected chi connectivity index (χ2v) is 4.26. The lowest BCUT2D eigenvalue weighted by Gasteiger charge is -2.12. The molecule has 0 amide bonds. The van der Waals surface area contributed by atoms with Gasteiger partial charge in [0.2, 0.25) is 0 Å². The topological polar surface area (TPSA) is 26.0 Å². The predicted molar refractivity (Wildman–Crippen MR) is 66.0 cm³/mol. The third kappa shape index (κ3) is 2.70. The van der Waals surface area contributed by atoms with Crippen LogP contribution in [0.2, 0.25) is 0 Å². The molecular formula is C14H11F4N. The zero-order valence-corrected chi connectivity index (χ0v) is 10.1. The van der Waals surface area contributed by atoms with Crippen molar-refractivity contribution < 1.29 is 17.6 Å². The molecule has 2 aromatic rings. The molecule has 0 aromatic heterocycles. The van der Waals surface area contributed by atoms with Crippen LogP contribution < -0.4 is 5.73 Å². The van der Waals surface area contributed by atoms with Crippen molar-refractivity contribution in [3.8, 4) is 11.1 Å². The smallest absolute Gasteiger partial charge is 0.398 e. The zero-order valence-electron chi connectivity index (χ0n) is 10.1. The quantitative estimate of drug-likeness (QED) is 0.602. The third-order valence-electron chi connectivity index (χ3n) is 2.86. The van der Waals surface area contributed by atoms with Gasteiger partial charge in [-0.2, -0.15) is 13.2 Å². The van der Waals surface area contributed by atoms with Crippen LogP contribution in [0.25, 0.3) is 11.1 Å². The third-order valence-corrected chi connectivity index (χ3v) is 2.86. The van der Waals surface area contributed by atoms with Crippen LogP contribution in [0.4, 0.5) is 23.2 Å². The van der Waals surface area contributed by atoms with Gasteiger partial charge in [-0.3, -0.25) is 0 Å². The molecule has 19 heavy (non-hydrogen) atoms. The number of aryl methyl sites for hydroxylation is 1. The highest BCUT2D eigenvalue weighted by atomic mass is 19.4. The average molecular weight is 269 g/mol. The van der Waals surface area contributed by atoms with E-state index in [9.17, 15) is 17.6 Å². The Hall–Kier alpha value is -2.04.